The number of hydrogen-bond donors (Lipinski definition) is 0. The first-order valence-corrected chi connectivity index (χ1v) is 2.08. The molecule has 0 bridgehead atoms. The Labute approximate surface area is 33.4 Å². The summed E-state index contributed by atoms with van der Waals surface area (Å²) < 4.78 is 4.94. The van der Waals surface area contributed by atoms with Crippen LogP contribution in [0.4, 0.5) is 0 Å². The van der Waals surface area contributed by atoms with E-state index in [1.165, 1.54) is 12.8 Å². The van der Waals surface area contributed by atoms with Gasteiger partial charge in [0.1, 0.15) is 0 Å². The molecule has 0 spiro atoms. The van der Waals surface area contributed by atoms with E-state index in [0.29, 0.717) is 0 Å². The highest BCUT2D eigenvalue weighted by Gasteiger charge is 1.94. The van der Waals surface area contributed by atoms with Gasteiger partial charge < -0.3 is 4.74 Å². The van der Waals surface area contributed by atoms with Crippen LogP contribution in [-0.4, -0.2) is 13.2 Å². The minimum absolute atomic E-state index is 0. The number of hydrogen-bond acceptors (Lipinski definition) is 1. The van der Waals surface area contributed by atoms with Gasteiger partial charge in [0, 0.05) is 14.6 Å². The molecule has 0 aromatic heterocycles. The van der Waals surface area contributed by atoms with Crippen LogP contribution in [0.3, 0.4) is 0 Å². The molecule has 0 N–H and O–H groups in total. The third-order valence-corrected chi connectivity index (χ3v) is 0.827. The topological polar surface area (TPSA) is 9.23 Å². The van der Waals surface area contributed by atoms with E-state index < -0.39 is 0 Å². The zero-order chi connectivity index (χ0) is 3.54. The summed E-state index contributed by atoms with van der Waals surface area (Å²) in [4.78, 5) is 0. The predicted molar refractivity (Wildman–Crippen MR) is 21.2 cm³/mol. The Hall–Kier alpha value is -0.0400. The quantitative estimate of drug-likeness (QED) is 0.414. The molecule has 5 heavy (non-hydrogen) atoms. The van der Waals surface area contributed by atoms with Gasteiger partial charge in [-0.1, -0.05) is 0 Å². The minimum Gasteiger partial charge on any atom is -0.381 e. The van der Waals surface area contributed by atoms with Crippen molar-refractivity contribution in [2.24, 2.45) is 0 Å². The van der Waals surface area contributed by atoms with Gasteiger partial charge in [0.2, 0.25) is 0 Å². The highest BCUT2D eigenvalue weighted by atomic mass is 16.5. The van der Waals surface area contributed by atoms with E-state index in [1.54, 1.807) is 0 Å². The highest BCUT2D eigenvalue weighted by molar-refractivity contribution is 4.43. The summed E-state index contributed by atoms with van der Waals surface area (Å²) in [5.41, 5.74) is 0. The third-order valence-electron chi connectivity index (χ3n) is 0.827. The van der Waals surface area contributed by atoms with Gasteiger partial charge in [-0.05, 0) is 12.8 Å². The van der Waals surface area contributed by atoms with Crippen molar-refractivity contribution in [2.75, 3.05) is 13.2 Å². The van der Waals surface area contributed by atoms with Gasteiger partial charge in [0.25, 0.3) is 0 Å². The lowest BCUT2D eigenvalue weighted by Gasteiger charge is -1.76. The van der Waals surface area contributed by atoms with Crippen molar-refractivity contribution >= 4 is 0 Å². The van der Waals surface area contributed by atoms with E-state index in [1.807, 2.05) is 0 Å². The zero-order valence-corrected chi connectivity index (χ0v) is 3.24. The molecule has 1 aliphatic heterocycles. The molecule has 0 atom stereocenters. The lowest BCUT2D eigenvalue weighted by molar-refractivity contribution is 0.198. The largest absolute Gasteiger partial charge is 0.381 e. The van der Waals surface area contributed by atoms with Gasteiger partial charge in [-0.2, -0.15) is 0 Å². The van der Waals surface area contributed by atoms with Crippen LogP contribution >= 0.6 is 0 Å². The van der Waals surface area contributed by atoms with Gasteiger partial charge in [-0.3, -0.25) is 0 Å². The first-order chi connectivity index (χ1) is 2.50. The van der Waals surface area contributed by atoms with Gasteiger partial charge in [0.15, 0.2) is 0 Å². The fraction of sp³-hybridized carbons (Fsp3) is 1.00. The van der Waals surface area contributed by atoms with E-state index in [0.717, 1.165) is 13.2 Å². The zero-order valence-electron chi connectivity index (χ0n) is 4.24. The molecule has 0 aromatic carbocycles. The summed E-state index contributed by atoms with van der Waals surface area (Å²) in [6, 6.07) is 0. The first-order valence-electron chi connectivity index (χ1n) is 2.08. The lowest BCUT2D eigenvalue weighted by atomic mass is 10.4. The van der Waals surface area contributed by atoms with Crippen LogP contribution in [0.1, 0.15) is 14.3 Å². The SMILES string of the molecule is C1CCOC1.[H]. The molecule has 0 unspecified atom stereocenters. The molecule has 1 saturated heterocycles. The standard InChI is InChI=1S/C4H8O.H/c1-2-4-5-3-1;/h1-4H2;. The second-order valence-corrected chi connectivity index (χ2v) is 1.32. The van der Waals surface area contributed by atoms with E-state index >= 15 is 0 Å². The van der Waals surface area contributed by atoms with Crippen molar-refractivity contribution in [1.82, 2.24) is 0 Å². The van der Waals surface area contributed by atoms with Crippen molar-refractivity contribution in [3.8, 4) is 0 Å². The first kappa shape index (κ1) is 3.16. The van der Waals surface area contributed by atoms with Crippen molar-refractivity contribution in [3.05, 3.63) is 0 Å². The average molecular weight is 73.1 g/mol. The van der Waals surface area contributed by atoms with Crippen molar-refractivity contribution in [1.29, 1.82) is 0 Å². The fourth-order valence-corrected chi connectivity index (χ4v) is 0.510. The van der Waals surface area contributed by atoms with Crippen molar-refractivity contribution in [2.45, 2.75) is 12.8 Å². The summed E-state index contributed by atoms with van der Waals surface area (Å²) in [6.45, 7) is 2.00. The Bertz CT molecular complexity index is 19.1. The molecule has 31 valence electrons. The van der Waals surface area contributed by atoms with Gasteiger partial charge in [-0.25, -0.2) is 0 Å². The van der Waals surface area contributed by atoms with E-state index in [4.69, 9.17) is 4.74 Å². The Morgan fingerprint density at radius 2 is 1.80 bits per heavy atom. The molecule has 1 heterocycles. The second kappa shape index (κ2) is 1.41. The molecule has 0 amide bonds. The van der Waals surface area contributed by atoms with Crippen molar-refractivity contribution < 1.29 is 6.16 Å². The third kappa shape index (κ3) is 0.618. The maximum Gasteiger partial charge on any atom is 0.0466 e. The molecule has 1 radical (unpaired) electrons. The summed E-state index contributed by atoms with van der Waals surface area (Å²) in [7, 11) is 0. The Kier molecular flexibility index (Phi) is 0.892. The van der Waals surface area contributed by atoms with Crippen molar-refractivity contribution in [3.63, 3.8) is 0 Å². The highest BCUT2D eigenvalue weighted by Crippen LogP contribution is 1.98. The molecular formula is C4H9O. The van der Waals surface area contributed by atoms with Gasteiger partial charge >= 0.3 is 0 Å². The summed E-state index contributed by atoms with van der Waals surface area (Å²) in [6.07, 6.45) is 2.56. The maximum atomic E-state index is 4.94. The lowest BCUT2D eigenvalue weighted by Crippen LogP contribution is -1.74. The Morgan fingerprint density at radius 1 is 1.20 bits per heavy atom. The molecule has 1 aliphatic rings. The van der Waals surface area contributed by atoms with Crippen LogP contribution in [0.5, 0.6) is 0 Å². The Morgan fingerprint density at radius 3 is 2.00 bits per heavy atom. The summed E-state index contributed by atoms with van der Waals surface area (Å²) in [5, 5.41) is 0. The molecule has 0 saturated carbocycles. The van der Waals surface area contributed by atoms with Crippen LogP contribution < -0.4 is 0 Å². The molecule has 1 rings (SSSR count). The van der Waals surface area contributed by atoms with Crippen LogP contribution in [0.15, 0.2) is 0 Å². The average Bonchev–Trinajstić information content (AvgIpc) is 1.76. The number of ether oxygens (including phenoxy) is 1. The monoisotopic (exact) mass is 73.1 g/mol. The number of rotatable bonds is 0. The van der Waals surface area contributed by atoms with Gasteiger partial charge in [-0.15, -0.1) is 0 Å². The second-order valence-electron chi connectivity index (χ2n) is 1.32. The van der Waals surface area contributed by atoms with Gasteiger partial charge in [0.05, 0.1) is 0 Å². The molecule has 1 nitrogen and oxygen atoms in total. The van der Waals surface area contributed by atoms with E-state index in [2.05, 4.69) is 0 Å². The minimum atomic E-state index is 0. The van der Waals surface area contributed by atoms with E-state index in [-0.39, 0.29) is 1.43 Å². The summed E-state index contributed by atoms with van der Waals surface area (Å²) >= 11 is 0. The summed E-state index contributed by atoms with van der Waals surface area (Å²) in [5.74, 6) is 0. The fourth-order valence-electron chi connectivity index (χ4n) is 0.510. The maximum absolute atomic E-state index is 4.94. The normalized spacial score (nSPS) is 24.0. The van der Waals surface area contributed by atoms with E-state index in [9.17, 15) is 0 Å². The predicted octanol–water partition coefficient (Wildman–Crippen LogP) is 0.909. The molecule has 0 aliphatic carbocycles. The molecular weight excluding hydrogens is 64.0 g/mol. The molecule has 1 heteroatoms. The molecule has 1 fully saturated rings. The molecule has 0 aromatic rings. The van der Waals surface area contributed by atoms with Crippen LogP contribution in [-0.2, 0) is 4.74 Å². The van der Waals surface area contributed by atoms with Crippen LogP contribution in [0, 0.1) is 0 Å². The Balaban J connectivity index is 0.000000250. The van der Waals surface area contributed by atoms with Crippen LogP contribution in [0.25, 0.3) is 0 Å². The smallest absolute Gasteiger partial charge is 0.0466 e. The van der Waals surface area contributed by atoms with Crippen LogP contribution in [0.2, 0.25) is 0 Å².